The zero-order valence-corrected chi connectivity index (χ0v) is 15.8. The Labute approximate surface area is 155 Å². The van der Waals surface area contributed by atoms with Gasteiger partial charge in [-0.05, 0) is 44.7 Å². The molecule has 1 saturated carbocycles. The van der Waals surface area contributed by atoms with Crippen molar-refractivity contribution >= 4 is 16.1 Å². The number of hydrogen-bond donors (Lipinski definition) is 0. The first-order chi connectivity index (χ1) is 12.6. The van der Waals surface area contributed by atoms with Gasteiger partial charge in [0.1, 0.15) is 5.75 Å². The maximum Gasteiger partial charge on any atom is 0.534 e. The molecule has 0 amide bonds. The van der Waals surface area contributed by atoms with Gasteiger partial charge in [0.25, 0.3) is 0 Å². The van der Waals surface area contributed by atoms with Crippen LogP contribution >= 0.6 is 0 Å². The second kappa shape index (κ2) is 8.37. The second-order valence-corrected chi connectivity index (χ2v) is 7.54. The third-order valence-corrected chi connectivity index (χ3v) is 5.13. The maximum absolute atomic E-state index is 12.8. The summed E-state index contributed by atoms with van der Waals surface area (Å²) in [6.45, 7) is 3.46. The van der Waals surface area contributed by atoms with E-state index in [-0.39, 0.29) is 36.0 Å². The molecular formula is C17H21F3O6S. The molecule has 1 aliphatic rings. The van der Waals surface area contributed by atoms with Crippen LogP contribution in [0.2, 0.25) is 0 Å². The third kappa shape index (κ3) is 4.85. The molecule has 1 aromatic carbocycles. The molecule has 6 nitrogen and oxygen atoms in total. The molecule has 10 heteroatoms. The van der Waals surface area contributed by atoms with E-state index in [0.717, 1.165) is 18.9 Å². The summed E-state index contributed by atoms with van der Waals surface area (Å²) in [5, 5.41) is 0. The highest BCUT2D eigenvalue weighted by atomic mass is 32.2. The lowest BCUT2D eigenvalue weighted by Gasteiger charge is -2.21. The summed E-state index contributed by atoms with van der Waals surface area (Å²) >= 11 is 0. The van der Waals surface area contributed by atoms with Crippen LogP contribution < -0.4 is 8.92 Å². The minimum Gasteiger partial charge on any atom is -0.493 e. The van der Waals surface area contributed by atoms with Crippen molar-refractivity contribution in [1.82, 2.24) is 0 Å². The summed E-state index contributed by atoms with van der Waals surface area (Å²) in [6.07, 6.45) is 3.01. The van der Waals surface area contributed by atoms with Crippen molar-refractivity contribution in [3.05, 3.63) is 23.3 Å². The average molecular weight is 410 g/mol. The van der Waals surface area contributed by atoms with Crippen molar-refractivity contribution < 1.29 is 40.0 Å². The van der Waals surface area contributed by atoms with Gasteiger partial charge in [0.05, 0.1) is 18.8 Å². The summed E-state index contributed by atoms with van der Waals surface area (Å²) in [7, 11) is -5.90. The standard InChI is InChI=1S/C17H21F3O6S/c1-3-24-13-9-12(16(21)25-4-2)10-14(15(13)11-7-5-6-8-11)26-27(22,23)17(18,19)20/h9-11H,3-8H2,1-2H3. The van der Waals surface area contributed by atoms with E-state index in [0.29, 0.717) is 12.8 Å². The van der Waals surface area contributed by atoms with Crippen molar-refractivity contribution in [2.45, 2.75) is 51.0 Å². The van der Waals surface area contributed by atoms with E-state index in [1.807, 2.05) is 0 Å². The summed E-state index contributed by atoms with van der Waals surface area (Å²) < 4.78 is 76.4. The van der Waals surface area contributed by atoms with Gasteiger partial charge in [-0.15, -0.1) is 0 Å². The SMILES string of the molecule is CCOC(=O)c1cc(OCC)c(C2CCCC2)c(OS(=O)(=O)C(F)(F)F)c1. The molecule has 27 heavy (non-hydrogen) atoms. The van der Waals surface area contributed by atoms with Crippen LogP contribution in [0, 0.1) is 0 Å². The number of carbonyl (C=O) groups is 1. The van der Waals surface area contributed by atoms with Gasteiger partial charge < -0.3 is 13.7 Å². The molecule has 1 aliphatic carbocycles. The Balaban J connectivity index is 2.62. The first-order valence-corrected chi connectivity index (χ1v) is 10.00. The first kappa shape index (κ1) is 21.3. The first-order valence-electron chi connectivity index (χ1n) is 8.59. The van der Waals surface area contributed by atoms with Crippen LogP contribution in [0.25, 0.3) is 0 Å². The number of hydrogen-bond acceptors (Lipinski definition) is 6. The average Bonchev–Trinajstić information content (AvgIpc) is 3.07. The summed E-state index contributed by atoms with van der Waals surface area (Å²) in [6, 6.07) is 2.32. The van der Waals surface area contributed by atoms with Crippen molar-refractivity contribution in [2.24, 2.45) is 0 Å². The number of halogens is 3. The van der Waals surface area contributed by atoms with E-state index in [1.54, 1.807) is 13.8 Å². The van der Waals surface area contributed by atoms with Crippen molar-refractivity contribution in [3.63, 3.8) is 0 Å². The van der Waals surface area contributed by atoms with E-state index < -0.39 is 27.3 Å². The molecule has 0 N–H and O–H groups in total. The van der Waals surface area contributed by atoms with Crippen molar-refractivity contribution in [1.29, 1.82) is 0 Å². The topological polar surface area (TPSA) is 78.9 Å². The molecule has 0 atom stereocenters. The Bertz CT molecular complexity index is 783. The van der Waals surface area contributed by atoms with Crippen LogP contribution in [0.3, 0.4) is 0 Å². The summed E-state index contributed by atoms with van der Waals surface area (Å²) in [4.78, 5) is 12.0. The minimum atomic E-state index is -5.90. The quantitative estimate of drug-likeness (QED) is 0.382. The highest BCUT2D eigenvalue weighted by Gasteiger charge is 2.49. The molecule has 0 aliphatic heterocycles. The van der Waals surface area contributed by atoms with Gasteiger partial charge in [0.2, 0.25) is 0 Å². The molecule has 2 rings (SSSR count). The van der Waals surface area contributed by atoms with Crippen LogP contribution in [0.15, 0.2) is 12.1 Å². The monoisotopic (exact) mass is 410 g/mol. The Morgan fingerprint density at radius 3 is 2.22 bits per heavy atom. The lowest BCUT2D eigenvalue weighted by molar-refractivity contribution is -0.0500. The minimum absolute atomic E-state index is 0.0459. The van der Waals surface area contributed by atoms with Crippen LogP contribution in [0.4, 0.5) is 13.2 Å². The second-order valence-electron chi connectivity index (χ2n) is 6.00. The third-order valence-electron chi connectivity index (χ3n) is 4.16. The number of ether oxygens (including phenoxy) is 2. The molecule has 0 radical (unpaired) electrons. The fourth-order valence-corrected chi connectivity index (χ4v) is 3.53. The summed E-state index contributed by atoms with van der Waals surface area (Å²) in [5.74, 6) is -1.46. The largest absolute Gasteiger partial charge is 0.534 e. The molecular weight excluding hydrogens is 389 g/mol. The van der Waals surface area contributed by atoms with Gasteiger partial charge in [-0.2, -0.15) is 21.6 Å². The fourth-order valence-electron chi connectivity index (χ4n) is 3.06. The zero-order chi connectivity index (χ0) is 20.2. The number of esters is 1. The van der Waals surface area contributed by atoms with E-state index in [4.69, 9.17) is 9.47 Å². The van der Waals surface area contributed by atoms with Gasteiger partial charge in [-0.1, -0.05) is 12.8 Å². The normalized spacial score (nSPS) is 15.6. The molecule has 0 unspecified atom stereocenters. The Kier molecular flexibility index (Phi) is 6.61. The summed E-state index contributed by atoms with van der Waals surface area (Å²) in [5.41, 5.74) is -5.50. The van der Waals surface area contributed by atoms with Gasteiger partial charge in [0.15, 0.2) is 5.75 Å². The van der Waals surface area contributed by atoms with E-state index in [9.17, 15) is 26.4 Å². The van der Waals surface area contributed by atoms with E-state index in [2.05, 4.69) is 4.18 Å². The smallest absolute Gasteiger partial charge is 0.493 e. The predicted octanol–water partition coefficient (Wildman–Crippen LogP) is 4.15. The lowest BCUT2D eigenvalue weighted by atomic mass is 9.94. The van der Waals surface area contributed by atoms with Gasteiger partial charge in [-0.25, -0.2) is 4.79 Å². The van der Waals surface area contributed by atoms with Crippen LogP contribution in [0.5, 0.6) is 11.5 Å². The molecule has 1 fully saturated rings. The van der Waals surface area contributed by atoms with Crippen LogP contribution in [-0.4, -0.2) is 33.1 Å². The predicted molar refractivity (Wildman–Crippen MR) is 90.4 cm³/mol. The van der Waals surface area contributed by atoms with Gasteiger partial charge in [0, 0.05) is 5.56 Å². The molecule has 0 bridgehead atoms. The van der Waals surface area contributed by atoms with Crippen molar-refractivity contribution in [2.75, 3.05) is 13.2 Å². The highest BCUT2D eigenvalue weighted by Crippen LogP contribution is 2.45. The molecule has 0 heterocycles. The van der Waals surface area contributed by atoms with E-state index in [1.165, 1.54) is 6.07 Å². The Hall–Kier alpha value is -1.97. The molecule has 152 valence electrons. The lowest BCUT2D eigenvalue weighted by Crippen LogP contribution is -2.28. The van der Waals surface area contributed by atoms with Gasteiger partial charge in [-0.3, -0.25) is 0 Å². The number of alkyl halides is 3. The van der Waals surface area contributed by atoms with Crippen molar-refractivity contribution in [3.8, 4) is 11.5 Å². The highest BCUT2D eigenvalue weighted by molar-refractivity contribution is 7.88. The molecule has 0 saturated heterocycles. The Morgan fingerprint density at radius 2 is 1.70 bits per heavy atom. The van der Waals surface area contributed by atoms with Crippen LogP contribution in [0.1, 0.15) is 61.4 Å². The fraction of sp³-hybridized carbons (Fsp3) is 0.588. The zero-order valence-electron chi connectivity index (χ0n) is 15.0. The number of rotatable bonds is 7. The molecule has 0 aromatic heterocycles. The van der Waals surface area contributed by atoms with E-state index >= 15 is 0 Å². The van der Waals surface area contributed by atoms with Gasteiger partial charge >= 0.3 is 21.6 Å². The number of carbonyl (C=O) groups excluding carboxylic acids is 1. The maximum atomic E-state index is 12.8. The Morgan fingerprint density at radius 1 is 1.11 bits per heavy atom. The molecule has 1 aromatic rings. The molecule has 0 spiro atoms. The number of benzene rings is 1. The van der Waals surface area contributed by atoms with Crippen LogP contribution in [-0.2, 0) is 14.9 Å².